The van der Waals surface area contributed by atoms with E-state index in [1.807, 2.05) is 49.1 Å². The van der Waals surface area contributed by atoms with Gasteiger partial charge in [-0.25, -0.2) is 0 Å². The number of hydrogen-bond acceptors (Lipinski definition) is 3. The third-order valence-electron chi connectivity index (χ3n) is 5.07. The first-order valence-electron chi connectivity index (χ1n) is 8.93. The fraction of sp³-hybridized carbons (Fsp3) is 0.333. The summed E-state index contributed by atoms with van der Waals surface area (Å²) in [7, 11) is 0. The lowest BCUT2D eigenvalue weighted by molar-refractivity contribution is -0.137. The molecule has 0 radical (unpaired) electrons. The third-order valence-corrected chi connectivity index (χ3v) is 5.57. The van der Waals surface area contributed by atoms with Crippen LogP contribution in [0, 0.1) is 0 Å². The summed E-state index contributed by atoms with van der Waals surface area (Å²) < 4.78 is 0.718. The first-order chi connectivity index (χ1) is 12.8. The van der Waals surface area contributed by atoms with Crippen molar-refractivity contribution >= 4 is 27.7 Å². The smallest absolute Gasteiger partial charge is 0.257 e. The molecule has 0 spiro atoms. The molecule has 0 aromatic heterocycles. The number of amides is 2. The molecule has 2 amide bonds. The standard InChI is InChI=1S/C21H23BrN2O3/c1-21(2,15-6-4-3-5-7-15)20(27)24-12-10-23(11-13-24)19(26)17-9-8-16(22)14-18(17)25/h3-9,14,25H,10-13H2,1-2H3. The highest BCUT2D eigenvalue weighted by Gasteiger charge is 2.35. The molecule has 1 aliphatic rings. The molecule has 1 saturated heterocycles. The quantitative estimate of drug-likeness (QED) is 0.811. The summed E-state index contributed by atoms with van der Waals surface area (Å²) in [5, 5.41) is 10.0. The molecule has 0 atom stereocenters. The molecule has 1 fully saturated rings. The molecule has 0 unspecified atom stereocenters. The number of halogens is 1. The predicted octanol–water partition coefficient (Wildman–Crippen LogP) is 3.42. The van der Waals surface area contributed by atoms with Crippen molar-refractivity contribution in [3.8, 4) is 5.75 Å². The first-order valence-corrected chi connectivity index (χ1v) is 9.72. The third kappa shape index (κ3) is 4.00. The van der Waals surface area contributed by atoms with Crippen LogP contribution < -0.4 is 0 Å². The Morgan fingerprint density at radius 2 is 1.56 bits per heavy atom. The van der Waals surface area contributed by atoms with Crippen molar-refractivity contribution in [2.45, 2.75) is 19.3 Å². The number of benzene rings is 2. The van der Waals surface area contributed by atoms with Gasteiger partial charge in [-0.2, -0.15) is 0 Å². The number of phenols is 1. The molecule has 2 aromatic rings. The molecule has 5 nitrogen and oxygen atoms in total. The Kier molecular flexibility index (Phi) is 5.56. The molecule has 0 saturated carbocycles. The summed E-state index contributed by atoms with van der Waals surface area (Å²) in [4.78, 5) is 29.2. The zero-order valence-electron chi connectivity index (χ0n) is 15.5. The molecule has 27 heavy (non-hydrogen) atoms. The summed E-state index contributed by atoms with van der Waals surface area (Å²) in [5.74, 6) is -0.195. The molecule has 1 heterocycles. The average molecular weight is 431 g/mol. The number of carbonyl (C=O) groups is 2. The Bertz CT molecular complexity index is 844. The summed E-state index contributed by atoms with van der Waals surface area (Å²) in [6, 6.07) is 14.6. The van der Waals surface area contributed by atoms with Crippen LogP contribution in [0.4, 0.5) is 0 Å². The summed E-state index contributed by atoms with van der Waals surface area (Å²) >= 11 is 3.27. The van der Waals surface area contributed by atoms with Crippen molar-refractivity contribution in [2.75, 3.05) is 26.2 Å². The van der Waals surface area contributed by atoms with E-state index in [0.29, 0.717) is 26.2 Å². The van der Waals surface area contributed by atoms with Crippen LogP contribution in [0.15, 0.2) is 53.0 Å². The number of piperazine rings is 1. The van der Waals surface area contributed by atoms with Gasteiger partial charge < -0.3 is 14.9 Å². The molecule has 1 N–H and O–H groups in total. The maximum absolute atomic E-state index is 13.0. The number of nitrogens with zero attached hydrogens (tertiary/aromatic N) is 2. The van der Waals surface area contributed by atoms with Crippen LogP contribution in [-0.4, -0.2) is 52.9 Å². The summed E-state index contributed by atoms with van der Waals surface area (Å²) in [6.07, 6.45) is 0. The normalized spacial score (nSPS) is 14.9. The van der Waals surface area contributed by atoms with E-state index < -0.39 is 5.41 Å². The van der Waals surface area contributed by atoms with Gasteiger partial charge in [-0.3, -0.25) is 9.59 Å². The second-order valence-electron chi connectivity index (χ2n) is 7.24. The Morgan fingerprint density at radius 3 is 2.15 bits per heavy atom. The van der Waals surface area contributed by atoms with E-state index in [0.717, 1.165) is 10.0 Å². The highest BCUT2D eigenvalue weighted by molar-refractivity contribution is 9.10. The highest BCUT2D eigenvalue weighted by Crippen LogP contribution is 2.27. The second kappa shape index (κ2) is 7.72. The molecule has 1 aliphatic heterocycles. The molecule has 2 aromatic carbocycles. The molecular formula is C21H23BrN2O3. The minimum Gasteiger partial charge on any atom is -0.507 e. The lowest BCUT2D eigenvalue weighted by Crippen LogP contribution is -2.54. The van der Waals surface area contributed by atoms with E-state index in [-0.39, 0.29) is 23.1 Å². The van der Waals surface area contributed by atoms with Gasteiger partial charge in [0.25, 0.3) is 5.91 Å². The van der Waals surface area contributed by atoms with Crippen LogP contribution in [0.5, 0.6) is 5.75 Å². The number of rotatable bonds is 3. The molecule has 0 aliphatic carbocycles. The van der Waals surface area contributed by atoms with Crippen molar-refractivity contribution in [1.82, 2.24) is 9.80 Å². The van der Waals surface area contributed by atoms with Crippen LogP contribution >= 0.6 is 15.9 Å². The van der Waals surface area contributed by atoms with Gasteiger partial charge >= 0.3 is 0 Å². The monoisotopic (exact) mass is 430 g/mol. The number of aromatic hydroxyl groups is 1. The van der Waals surface area contributed by atoms with Crippen LogP contribution in [-0.2, 0) is 10.2 Å². The van der Waals surface area contributed by atoms with E-state index in [4.69, 9.17) is 0 Å². The van der Waals surface area contributed by atoms with E-state index >= 15 is 0 Å². The zero-order valence-corrected chi connectivity index (χ0v) is 17.1. The fourth-order valence-electron chi connectivity index (χ4n) is 3.34. The van der Waals surface area contributed by atoms with Gasteiger partial charge in [0.05, 0.1) is 11.0 Å². The van der Waals surface area contributed by atoms with E-state index in [9.17, 15) is 14.7 Å². The lowest BCUT2D eigenvalue weighted by Gasteiger charge is -2.38. The van der Waals surface area contributed by atoms with Crippen molar-refractivity contribution in [3.05, 3.63) is 64.1 Å². The number of carbonyl (C=O) groups excluding carboxylic acids is 2. The molecule has 6 heteroatoms. The summed E-state index contributed by atoms with van der Waals surface area (Å²) in [6.45, 7) is 5.73. The first kappa shape index (κ1) is 19.4. The van der Waals surface area contributed by atoms with Crippen molar-refractivity contribution in [3.63, 3.8) is 0 Å². The van der Waals surface area contributed by atoms with Gasteiger partial charge in [-0.1, -0.05) is 46.3 Å². The molecular weight excluding hydrogens is 408 g/mol. The van der Waals surface area contributed by atoms with E-state index in [2.05, 4.69) is 15.9 Å². The van der Waals surface area contributed by atoms with Gasteiger partial charge in [0.1, 0.15) is 5.75 Å². The minimum absolute atomic E-state index is 0.0434. The topological polar surface area (TPSA) is 60.9 Å². The largest absolute Gasteiger partial charge is 0.507 e. The van der Waals surface area contributed by atoms with Crippen molar-refractivity contribution < 1.29 is 14.7 Å². The molecule has 0 bridgehead atoms. The maximum Gasteiger partial charge on any atom is 0.257 e. The molecule has 3 rings (SSSR count). The SMILES string of the molecule is CC(C)(C(=O)N1CCN(C(=O)c2ccc(Br)cc2O)CC1)c1ccccc1. The van der Waals surface area contributed by atoms with Gasteiger partial charge in [0.2, 0.25) is 5.91 Å². The van der Waals surface area contributed by atoms with Crippen molar-refractivity contribution in [1.29, 1.82) is 0 Å². The minimum atomic E-state index is -0.614. The van der Waals surface area contributed by atoms with Gasteiger partial charge in [0, 0.05) is 30.7 Å². The Hall–Kier alpha value is -2.34. The second-order valence-corrected chi connectivity index (χ2v) is 8.15. The fourth-order valence-corrected chi connectivity index (χ4v) is 3.69. The highest BCUT2D eigenvalue weighted by atomic mass is 79.9. The average Bonchev–Trinajstić information content (AvgIpc) is 2.68. The Labute approximate surface area is 167 Å². The lowest BCUT2D eigenvalue weighted by atomic mass is 9.83. The van der Waals surface area contributed by atoms with Gasteiger partial charge in [-0.05, 0) is 37.6 Å². The maximum atomic E-state index is 13.0. The Balaban J connectivity index is 1.66. The number of hydrogen-bond donors (Lipinski definition) is 1. The molecule has 142 valence electrons. The van der Waals surface area contributed by atoms with Gasteiger partial charge in [0.15, 0.2) is 0 Å². The van der Waals surface area contributed by atoms with Crippen LogP contribution in [0.1, 0.15) is 29.8 Å². The Morgan fingerprint density at radius 1 is 0.963 bits per heavy atom. The van der Waals surface area contributed by atoms with Crippen LogP contribution in [0.2, 0.25) is 0 Å². The van der Waals surface area contributed by atoms with Crippen LogP contribution in [0.25, 0.3) is 0 Å². The summed E-state index contributed by atoms with van der Waals surface area (Å²) in [5.41, 5.74) is 0.646. The number of phenolic OH excluding ortho intramolecular Hbond substituents is 1. The van der Waals surface area contributed by atoms with Crippen LogP contribution in [0.3, 0.4) is 0 Å². The van der Waals surface area contributed by atoms with Gasteiger partial charge in [-0.15, -0.1) is 0 Å². The van der Waals surface area contributed by atoms with E-state index in [1.54, 1.807) is 17.0 Å². The predicted molar refractivity (Wildman–Crippen MR) is 108 cm³/mol. The van der Waals surface area contributed by atoms with Crippen molar-refractivity contribution in [2.24, 2.45) is 0 Å². The van der Waals surface area contributed by atoms with E-state index in [1.165, 1.54) is 6.07 Å². The zero-order chi connectivity index (χ0) is 19.6.